The van der Waals surface area contributed by atoms with Gasteiger partial charge >= 0.3 is 6.09 Å². The van der Waals surface area contributed by atoms with E-state index in [1.165, 1.54) is 4.31 Å². The number of ether oxygens (including phenoxy) is 1. The van der Waals surface area contributed by atoms with Gasteiger partial charge in [0.2, 0.25) is 10.0 Å². The Kier molecular flexibility index (Phi) is 6.93. The average Bonchev–Trinajstić information content (AvgIpc) is 2.54. The van der Waals surface area contributed by atoms with Crippen LogP contribution in [0.1, 0.15) is 45.6 Å². The minimum atomic E-state index is -3.53. The van der Waals surface area contributed by atoms with Crippen molar-refractivity contribution >= 4 is 27.7 Å². The van der Waals surface area contributed by atoms with Crippen molar-refractivity contribution in [3.05, 3.63) is 34.9 Å². The van der Waals surface area contributed by atoms with Crippen molar-refractivity contribution in [3.8, 4) is 0 Å². The average molecular weight is 403 g/mol. The van der Waals surface area contributed by atoms with E-state index in [9.17, 15) is 13.2 Å². The van der Waals surface area contributed by atoms with E-state index in [0.717, 1.165) is 12.8 Å². The molecule has 0 radical (unpaired) electrons. The highest BCUT2D eigenvalue weighted by Crippen LogP contribution is 2.25. The van der Waals surface area contributed by atoms with Gasteiger partial charge in [-0.2, -0.15) is 4.31 Å². The van der Waals surface area contributed by atoms with E-state index < -0.39 is 21.7 Å². The summed E-state index contributed by atoms with van der Waals surface area (Å²) in [6.45, 7) is 6.04. The van der Waals surface area contributed by atoms with Crippen LogP contribution in [-0.4, -0.2) is 43.5 Å². The van der Waals surface area contributed by atoms with E-state index in [1.54, 1.807) is 45.0 Å². The van der Waals surface area contributed by atoms with Crippen LogP contribution in [0.2, 0.25) is 5.02 Å². The van der Waals surface area contributed by atoms with Crippen LogP contribution in [0.15, 0.2) is 24.3 Å². The molecule has 26 heavy (non-hydrogen) atoms. The van der Waals surface area contributed by atoms with Crippen molar-refractivity contribution in [1.29, 1.82) is 0 Å². The van der Waals surface area contributed by atoms with Gasteiger partial charge in [-0.05, 0) is 45.2 Å². The number of halogens is 1. The summed E-state index contributed by atoms with van der Waals surface area (Å²) in [4.78, 5) is 11.9. The van der Waals surface area contributed by atoms with Crippen molar-refractivity contribution in [1.82, 2.24) is 9.62 Å². The molecule has 1 saturated heterocycles. The number of nitrogens with one attached hydrogen (secondary N) is 1. The Morgan fingerprint density at radius 2 is 2.00 bits per heavy atom. The molecule has 1 aliphatic heterocycles. The summed E-state index contributed by atoms with van der Waals surface area (Å²) in [5.74, 6) is -0.143. The maximum Gasteiger partial charge on any atom is 0.407 e. The zero-order chi connectivity index (χ0) is 19.4. The first-order valence-corrected chi connectivity index (χ1v) is 10.8. The molecule has 0 unspecified atom stereocenters. The van der Waals surface area contributed by atoms with Gasteiger partial charge in [0.1, 0.15) is 5.60 Å². The van der Waals surface area contributed by atoms with Gasteiger partial charge in [0.25, 0.3) is 0 Å². The van der Waals surface area contributed by atoms with E-state index in [2.05, 4.69) is 5.32 Å². The van der Waals surface area contributed by atoms with Crippen molar-refractivity contribution in [3.63, 3.8) is 0 Å². The lowest BCUT2D eigenvalue weighted by molar-refractivity contribution is 0.0512. The van der Waals surface area contributed by atoms with Gasteiger partial charge in [-0.3, -0.25) is 0 Å². The fourth-order valence-corrected chi connectivity index (χ4v) is 5.09. The quantitative estimate of drug-likeness (QED) is 0.817. The van der Waals surface area contributed by atoms with Crippen LogP contribution >= 0.6 is 11.6 Å². The molecular formula is C18H27ClN2O4S. The maximum absolute atomic E-state index is 12.9. The Balaban J connectivity index is 2.05. The van der Waals surface area contributed by atoms with E-state index in [-0.39, 0.29) is 18.3 Å². The third-order valence-electron chi connectivity index (χ3n) is 4.11. The predicted octanol–water partition coefficient (Wildman–Crippen LogP) is 3.55. The highest BCUT2D eigenvalue weighted by atomic mass is 35.5. The molecule has 0 bridgehead atoms. The molecule has 1 atom stereocenters. The van der Waals surface area contributed by atoms with Gasteiger partial charge in [0, 0.05) is 24.2 Å². The second-order valence-corrected chi connectivity index (χ2v) is 9.82. The molecule has 1 heterocycles. The summed E-state index contributed by atoms with van der Waals surface area (Å²) in [6.07, 6.45) is 1.91. The molecule has 1 aromatic carbocycles. The molecule has 1 aromatic rings. The summed E-state index contributed by atoms with van der Waals surface area (Å²) in [5, 5.41) is 3.13. The summed E-state index contributed by atoms with van der Waals surface area (Å²) in [7, 11) is -3.53. The van der Waals surface area contributed by atoms with E-state index in [0.29, 0.717) is 23.6 Å². The first kappa shape index (κ1) is 21.0. The topological polar surface area (TPSA) is 75.7 Å². The minimum Gasteiger partial charge on any atom is -0.444 e. The predicted molar refractivity (Wildman–Crippen MR) is 103 cm³/mol. The van der Waals surface area contributed by atoms with Gasteiger partial charge in [-0.25, -0.2) is 13.2 Å². The Hall–Kier alpha value is -1.31. The summed E-state index contributed by atoms with van der Waals surface area (Å²) < 4.78 is 32.6. The first-order chi connectivity index (χ1) is 12.1. The molecule has 0 aromatic heterocycles. The number of sulfonamides is 1. The zero-order valence-electron chi connectivity index (χ0n) is 15.5. The van der Waals surface area contributed by atoms with E-state index in [4.69, 9.17) is 16.3 Å². The van der Waals surface area contributed by atoms with Crippen molar-refractivity contribution in [2.45, 2.75) is 57.4 Å². The molecule has 0 saturated carbocycles. The largest absolute Gasteiger partial charge is 0.444 e. The summed E-state index contributed by atoms with van der Waals surface area (Å²) in [6, 6.07) is 6.67. The molecule has 2 rings (SSSR count). The normalized spacial score (nSPS) is 19.2. The minimum absolute atomic E-state index is 0.143. The van der Waals surface area contributed by atoms with Crippen LogP contribution in [0, 0.1) is 0 Å². The van der Waals surface area contributed by atoms with Crippen LogP contribution in [0.25, 0.3) is 0 Å². The number of amides is 1. The summed E-state index contributed by atoms with van der Waals surface area (Å²) in [5.41, 5.74) is -0.00877. The zero-order valence-corrected chi connectivity index (χ0v) is 17.1. The molecule has 0 aliphatic carbocycles. The fraction of sp³-hybridized carbons (Fsp3) is 0.611. The van der Waals surface area contributed by atoms with Crippen LogP contribution in [0.5, 0.6) is 0 Å². The SMILES string of the molecule is CC(C)(C)OC(=O)NC[C@H]1CCCCN1S(=O)(=O)Cc1ccccc1Cl. The lowest BCUT2D eigenvalue weighted by atomic mass is 10.1. The van der Waals surface area contributed by atoms with Crippen molar-refractivity contribution in [2.24, 2.45) is 0 Å². The highest BCUT2D eigenvalue weighted by Gasteiger charge is 2.33. The number of nitrogens with zero attached hydrogens (tertiary/aromatic N) is 1. The second-order valence-electron chi connectivity index (χ2n) is 7.49. The highest BCUT2D eigenvalue weighted by molar-refractivity contribution is 7.88. The molecule has 146 valence electrons. The van der Waals surface area contributed by atoms with E-state index in [1.807, 2.05) is 0 Å². The molecule has 1 fully saturated rings. The van der Waals surface area contributed by atoms with Crippen LogP contribution in [0.3, 0.4) is 0 Å². The monoisotopic (exact) mass is 402 g/mol. The molecular weight excluding hydrogens is 376 g/mol. The molecule has 1 N–H and O–H groups in total. The fourth-order valence-electron chi connectivity index (χ4n) is 2.95. The number of rotatable bonds is 5. The van der Waals surface area contributed by atoms with Gasteiger partial charge in [-0.1, -0.05) is 36.2 Å². The molecule has 8 heteroatoms. The second kappa shape index (κ2) is 8.59. The lowest BCUT2D eigenvalue weighted by Gasteiger charge is -2.35. The Morgan fingerprint density at radius 1 is 1.31 bits per heavy atom. The molecule has 1 aliphatic rings. The van der Waals surface area contributed by atoms with Gasteiger partial charge in [0.05, 0.1) is 5.75 Å². The lowest BCUT2D eigenvalue weighted by Crippen LogP contribution is -2.50. The number of hydrogen-bond acceptors (Lipinski definition) is 4. The third kappa shape index (κ3) is 6.14. The molecule has 1 amide bonds. The van der Waals surface area contributed by atoms with Gasteiger partial charge in [0.15, 0.2) is 0 Å². The molecule has 0 spiro atoms. The Morgan fingerprint density at radius 3 is 2.65 bits per heavy atom. The molecule has 6 nitrogen and oxygen atoms in total. The van der Waals surface area contributed by atoms with Crippen LogP contribution < -0.4 is 5.32 Å². The van der Waals surface area contributed by atoms with Crippen molar-refractivity contribution < 1.29 is 17.9 Å². The standard InChI is InChI=1S/C18H27ClN2O4S/c1-18(2,3)25-17(22)20-12-15-9-6-7-11-21(15)26(23,24)13-14-8-4-5-10-16(14)19/h4-5,8,10,15H,6-7,9,11-13H2,1-3H3,(H,20,22)/t15-/m1/s1. The number of piperidine rings is 1. The number of carbonyl (C=O) groups excluding carboxylic acids is 1. The van der Waals surface area contributed by atoms with Crippen LogP contribution in [0.4, 0.5) is 4.79 Å². The number of hydrogen-bond donors (Lipinski definition) is 1. The number of carbonyl (C=O) groups is 1. The van der Waals surface area contributed by atoms with Crippen LogP contribution in [-0.2, 0) is 20.5 Å². The van der Waals surface area contributed by atoms with E-state index >= 15 is 0 Å². The van der Waals surface area contributed by atoms with Crippen molar-refractivity contribution in [2.75, 3.05) is 13.1 Å². The smallest absolute Gasteiger partial charge is 0.407 e. The first-order valence-electron chi connectivity index (χ1n) is 8.78. The summed E-state index contributed by atoms with van der Waals surface area (Å²) >= 11 is 6.11. The van der Waals surface area contributed by atoms with Gasteiger partial charge < -0.3 is 10.1 Å². The van der Waals surface area contributed by atoms with Gasteiger partial charge in [-0.15, -0.1) is 0 Å². The Bertz CT molecular complexity index is 731. The third-order valence-corrected chi connectivity index (χ3v) is 6.35. The number of alkyl carbamates (subject to hydrolysis) is 1. The number of benzene rings is 1. The Labute approximate surface area is 160 Å². The maximum atomic E-state index is 12.9.